The van der Waals surface area contributed by atoms with Crippen molar-refractivity contribution >= 4 is 34.7 Å². The molecule has 1 aliphatic rings. The number of fused-ring (bicyclic) bond motifs is 1. The molecule has 1 unspecified atom stereocenters. The molecule has 0 saturated heterocycles. The second-order valence-corrected chi connectivity index (χ2v) is 7.59. The third-order valence-electron chi connectivity index (χ3n) is 4.46. The average molecular weight is 371 g/mol. The van der Waals surface area contributed by atoms with Crippen molar-refractivity contribution in [3.63, 3.8) is 0 Å². The van der Waals surface area contributed by atoms with Gasteiger partial charge in [0.2, 0.25) is 5.91 Å². The zero-order valence-corrected chi connectivity index (χ0v) is 15.6. The Hall–Kier alpha value is -2.54. The number of hydrogen-bond donors (Lipinski definition) is 1. The normalized spacial score (nSPS) is 14.0. The monoisotopic (exact) mass is 371 g/mol. The van der Waals surface area contributed by atoms with E-state index in [4.69, 9.17) is 0 Å². The van der Waals surface area contributed by atoms with Crippen molar-refractivity contribution in [1.29, 1.82) is 0 Å². The van der Waals surface area contributed by atoms with Crippen LogP contribution in [0.4, 0.5) is 17.1 Å². The second kappa shape index (κ2) is 7.78. The number of hydrogen-bond acceptors (Lipinski definition) is 5. The first-order valence-corrected chi connectivity index (χ1v) is 9.45. The predicted molar refractivity (Wildman–Crippen MR) is 105 cm³/mol. The molecule has 3 rings (SSSR count). The van der Waals surface area contributed by atoms with E-state index in [0.29, 0.717) is 0 Å². The van der Waals surface area contributed by atoms with Crippen LogP contribution >= 0.6 is 11.8 Å². The quantitative estimate of drug-likeness (QED) is 0.470. The number of anilines is 2. The summed E-state index contributed by atoms with van der Waals surface area (Å²) in [4.78, 5) is 25.9. The molecule has 1 atom stereocenters. The molecule has 0 saturated carbocycles. The SMILES string of the molecule is CCN1CCc2ccc(NC(=O)C(C)Sc3ccc([N+](=O)[O-])cc3)cc21. The molecule has 6 nitrogen and oxygen atoms in total. The highest BCUT2D eigenvalue weighted by Gasteiger charge is 2.20. The molecular weight excluding hydrogens is 350 g/mol. The fourth-order valence-electron chi connectivity index (χ4n) is 3.00. The molecule has 0 aromatic heterocycles. The van der Waals surface area contributed by atoms with Gasteiger partial charge in [-0.25, -0.2) is 0 Å². The maximum atomic E-state index is 12.5. The summed E-state index contributed by atoms with van der Waals surface area (Å²) < 4.78 is 0. The Morgan fingerprint density at radius 1 is 1.31 bits per heavy atom. The number of nitrogens with zero attached hydrogens (tertiary/aromatic N) is 2. The summed E-state index contributed by atoms with van der Waals surface area (Å²) in [6.07, 6.45) is 1.05. The summed E-state index contributed by atoms with van der Waals surface area (Å²) in [6.45, 7) is 5.93. The van der Waals surface area contributed by atoms with Crippen LogP contribution in [0.1, 0.15) is 19.4 Å². The molecule has 2 aromatic rings. The summed E-state index contributed by atoms with van der Waals surface area (Å²) in [5.74, 6) is -0.0886. The van der Waals surface area contributed by atoms with Crippen molar-refractivity contribution in [3.8, 4) is 0 Å². The Bertz CT molecular complexity index is 823. The van der Waals surface area contributed by atoms with Crippen molar-refractivity contribution in [1.82, 2.24) is 0 Å². The summed E-state index contributed by atoms with van der Waals surface area (Å²) in [5.41, 5.74) is 3.36. The Balaban J connectivity index is 1.63. The lowest BCUT2D eigenvalue weighted by Crippen LogP contribution is -2.23. The van der Waals surface area contributed by atoms with E-state index in [1.165, 1.54) is 35.1 Å². The van der Waals surface area contributed by atoms with Crippen molar-refractivity contribution in [3.05, 3.63) is 58.1 Å². The van der Waals surface area contributed by atoms with Gasteiger partial charge in [0.05, 0.1) is 10.2 Å². The molecule has 0 bridgehead atoms. The van der Waals surface area contributed by atoms with Gasteiger partial charge >= 0.3 is 0 Å². The highest BCUT2D eigenvalue weighted by atomic mass is 32.2. The largest absolute Gasteiger partial charge is 0.371 e. The summed E-state index contributed by atoms with van der Waals surface area (Å²) in [5, 5.41) is 13.4. The minimum absolute atomic E-state index is 0.0464. The van der Waals surface area contributed by atoms with Crippen molar-refractivity contribution in [2.45, 2.75) is 30.4 Å². The Kier molecular flexibility index (Phi) is 5.46. The molecule has 1 N–H and O–H groups in total. The van der Waals surface area contributed by atoms with E-state index in [9.17, 15) is 14.9 Å². The third-order valence-corrected chi connectivity index (χ3v) is 5.57. The average Bonchev–Trinajstić information content (AvgIpc) is 3.04. The van der Waals surface area contributed by atoms with Crippen LogP contribution in [-0.4, -0.2) is 29.2 Å². The van der Waals surface area contributed by atoms with Gasteiger partial charge < -0.3 is 10.2 Å². The first-order chi connectivity index (χ1) is 12.5. The number of likely N-dealkylation sites (N-methyl/N-ethyl adjacent to an activating group) is 1. The van der Waals surface area contributed by atoms with Crippen LogP contribution in [0.15, 0.2) is 47.4 Å². The number of non-ortho nitro benzene ring substituents is 1. The van der Waals surface area contributed by atoms with Crippen LogP contribution in [0, 0.1) is 10.1 Å². The lowest BCUT2D eigenvalue weighted by molar-refractivity contribution is -0.384. The predicted octanol–water partition coefficient (Wildman–Crippen LogP) is 4.10. The number of amides is 1. The van der Waals surface area contributed by atoms with E-state index < -0.39 is 4.92 Å². The van der Waals surface area contributed by atoms with E-state index in [2.05, 4.69) is 23.2 Å². The standard InChI is InChI=1S/C19H21N3O3S/c1-3-21-11-10-14-4-5-15(12-18(14)21)20-19(23)13(2)26-17-8-6-16(7-9-17)22(24)25/h4-9,12-13H,3,10-11H2,1-2H3,(H,20,23). The molecule has 26 heavy (non-hydrogen) atoms. The number of carbonyl (C=O) groups is 1. The molecule has 0 aliphatic carbocycles. The first-order valence-electron chi connectivity index (χ1n) is 8.57. The minimum atomic E-state index is -0.433. The number of carbonyl (C=O) groups excluding carboxylic acids is 1. The summed E-state index contributed by atoms with van der Waals surface area (Å²) in [7, 11) is 0. The number of thioether (sulfide) groups is 1. The molecule has 1 amide bonds. The van der Waals surface area contributed by atoms with Gasteiger partial charge in [-0.15, -0.1) is 11.8 Å². The third kappa shape index (κ3) is 3.99. The van der Waals surface area contributed by atoms with Crippen LogP contribution in [-0.2, 0) is 11.2 Å². The van der Waals surface area contributed by atoms with Crippen LogP contribution in [0.25, 0.3) is 0 Å². The number of nitro groups is 1. The van der Waals surface area contributed by atoms with Crippen LogP contribution in [0.2, 0.25) is 0 Å². The van der Waals surface area contributed by atoms with E-state index in [0.717, 1.165) is 30.1 Å². The molecule has 1 aliphatic heterocycles. The molecule has 7 heteroatoms. The van der Waals surface area contributed by atoms with Gasteiger partial charge in [0.1, 0.15) is 0 Å². The zero-order chi connectivity index (χ0) is 18.7. The molecular formula is C19H21N3O3S. The van der Waals surface area contributed by atoms with E-state index in [1.807, 2.05) is 19.1 Å². The molecule has 0 radical (unpaired) electrons. The number of rotatable bonds is 6. The van der Waals surface area contributed by atoms with Gasteiger partial charge in [-0.05, 0) is 50.1 Å². The molecule has 0 spiro atoms. The number of nitro benzene ring substituents is 1. The second-order valence-electron chi connectivity index (χ2n) is 6.17. The maximum absolute atomic E-state index is 12.5. The van der Waals surface area contributed by atoms with Crippen molar-refractivity contribution in [2.75, 3.05) is 23.3 Å². The topological polar surface area (TPSA) is 75.5 Å². The number of nitrogens with one attached hydrogen (secondary N) is 1. The highest BCUT2D eigenvalue weighted by molar-refractivity contribution is 8.00. The Labute approximate surface area is 156 Å². The smallest absolute Gasteiger partial charge is 0.269 e. The van der Waals surface area contributed by atoms with Crippen LogP contribution < -0.4 is 10.2 Å². The lowest BCUT2D eigenvalue weighted by Gasteiger charge is -2.18. The van der Waals surface area contributed by atoms with Gasteiger partial charge in [-0.2, -0.15) is 0 Å². The summed E-state index contributed by atoms with van der Waals surface area (Å²) >= 11 is 1.38. The molecule has 1 heterocycles. The van der Waals surface area contributed by atoms with Crippen molar-refractivity contribution < 1.29 is 9.72 Å². The fraction of sp³-hybridized carbons (Fsp3) is 0.316. The Morgan fingerprint density at radius 2 is 2.04 bits per heavy atom. The van der Waals surface area contributed by atoms with Crippen LogP contribution in [0.5, 0.6) is 0 Å². The first kappa shape index (κ1) is 18.3. The number of benzene rings is 2. The molecule has 136 valence electrons. The maximum Gasteiger partial charge on any atom is 0.269 e. The van der Waals surface area contributed by atoms with Crippen molar-refractivity contribution in [2.24, 2.45) is 0 Å². The highest BCUT2D eigenvalue weighted by Crippen LogP contribution is 2.31. The van der Waals surface area contributed by atoms with Gasteiger partial charge in [-0.3, -0.25) is 14.9 Å². The lowest BCUT2D eigenvalue weighted by atomic mass is 10.1. The zero-order valence-electron chi connectivity index (χ0n) is 14.8. The fourth-order valence-corrected chi connectivity index (χ4v) is 3.87. The van der Waals surface area contributed by atoms with E-state index in [1.54, 1.807) is 12.1 Å². The minimum Gasteiger partial charge on any atom is -0.371 e. The van der Waals surface area contributed by atoms with Gasteiger partial charge in [0, 0.05) is 41.5 Å². The van der Waals surface area contributed by atoms with Gasteiger partial charge in [-0.1, -0.05) is 6.07 Å². The molecule has 2 aromatic carbocycles. The summed E-state index contributed by atoms with van der Waals surface area (Å²) in [6, 6.07) is 12.3. The van der Waals surface area contributed by atoms with Crippen LogP contribution in [0.3, 0.4) is 0 Å². The Morgan fingerprint density at radius 3 is 2.69 bits per heavy atom. The molecule has 0 fully saturated rings. The van der Waals surface area contributed by atoms with E-state index in [-0.39, 0.29) is 16.8 Å². The van der Waals surface area contributed by atoms with Gasteiger partial charge in [0.25, 0.3) is 5.69 Å². The van der Waals surface area contributed by atoms with Gasteiger partial charge in [0.15, 0.2) is 0 Å². The van der Waals surface area contributed by atoms with E-state index >= 15 is 0 Å².